The molecule has 1 aliphatic rings. The van der Waals surface area contributed by atoms with E-state index in [2.05, 4.69) is 18.7 Å². The van der Waals surface area contributed by atoms with Gasteiger partial charge in [-0.1, -0.05) is 45.2 Å². The fraction of sp³-hybridized carbons (Fsp3) is 0.625. The second kappa shape index (κ2) is 6.73. The SMILES string of the molecule is CC(C)CN(c1ccccc1[N+](=O)[O-])C1CCCCC1. The number of nitrogens with zero attached hydrogens (tertiary/aromatic N) is 2. The molecule has 0 saturated heterocycles. The molecule has 0 N–H and O–H groups in total. The van der Waals surface area contributed by atoms with Crippen molar-refractivity contribution in [1.82, 2.24) is 0 Å². The molecule has 0 aromatic heterocycles. The molecule has 1 saturated carbocycles. The first-order valence-electron chi connectivity index (χ1n) is 7.59. The summed E-state index contributed by atoms with van der Waals surface area (Å²) < 4.78 is 0. The van der Waals surface area contributed by atoms with Crippen LogP contribution in [-0.4, -0.2) is 17.5 Å². The Morgan fingerprint density at radius 3 is 2.50 bits per heavy atom. The molecule has 0 radical (unpaired) electrons. The molecule has 20 heavy (non-hydrogen) atoms. The topological polar surface area (TPSA) is 46.4 Å². The first-order valence-corrected chi connectivity index (χ1v) is 7.59. The molecule has 0 spiro atoms. The molecule has 0 amide bonds. The summed E-state index contributed by atoms with van der Waals surface area (Å²) in [5.74, 6) is 0.497. The molecule has 4 heteroatoms. The van der Waals surface area contributed by atoms with Gasteiger partial charge in [-0.2, -0.15) is 0 Å². The molecule has 0 atom stereocenters. The third-order valence-electron chi connectivity index (χ3n) is 3.97. The van der Waals surface area contributed by atoms with Crippen molar-refractivity contribution < 1.29 is 4.92 Å². The highest BCUT2D eigenvalue weighted by Gasteiger charge is 2.27. The highest BCUT2D eigenvalue weighted by molar-refractivity contribution is 5.63. The molecule has 0 unspecified atom stereocenters. The second-order valence-electron chi connectivity index (χ2n) is 6.08. The van der Waals surface area contributed by atoms with Gasteiger partial charge in [0.25, 0.3) is 5.69 Å². The summed E-state index contributed by atoms with van der Waals surface area (Å²) in [6, 6.07) is 7.61. The van der Waals surface area contributed by atoms with Crippen molar-refractivity contribution in [3.63, 3.8) is 0 Å². The van der Waals surface area contributed by atoms with Crippen LogP contribution in [0, 0.1) is 16.0 Å². The van der Waals surface area contributed by atoms with Gasteiger partial charge in [-0.05, 0) is 24.8 Å². The summed E-state index contributed by atoms with van der Waals surface area (Å²) in [6.45, 7) is 5.23. The predicted octanol–water partition coefficient (Wildman–Crippen LogP) is 4.39. The van der Waals surface area contributed by atoms with E-state index < -0.39 is 0 Å². The van der Waals surface area contributed by atoms with Crippen molar-refractivity contribution in [2.75, 3.05) is 11.4 Å². The summed E-state index contributed by atoms with van der Waals surface area (Å²) in [6.07, 6.45) is 6.07. The average molecular weight is 276 g/mol. The van der Waals surface area contributed by atoms with Crippen molar-refractivity contribution in [3.05, 3.63) is 34.4 Å². The Morgan fingerprint density at radius 1 is 1.25 bits per heavy atom. The van der Waals surface area contributed by atoms with Crippen LogP contribution in [0.3, 0.4) is 0 Å². The third kappa shape index (κ3) is 3.50. The summed E-state index contributed by atoms with van der Waals surface area (Å²) in [5.41, 5.74) is 1.02. The normalized spacial score (nSPS) is 16.4. The molecular formula is C16H24N2O2. The Bertz CT molecular complexity index is 454. The van der Waals surface area contributed by atoms with Crippen LogP contribution in [0.2, 0.25) is 0 Å². The van der Waals surface area contributed by atoms with Gasteiger partial charge in [-0.3, -0.25) is 10.1 Å². The van der Waals surface area contributed by atoms with E-state index in [-0.39, 0.29) is 10.6 Å². The van der Waals surface area contributed by atoms with Gasteiger partial charge in [-0.15, -0.1) is 0 Å². The standard InChI is InChI=1S/C16H24N2O2/c1-13(2)12-17(14-8-4-3-5-9-14)15-10-6-7-11-16(15)18(19)20/h6-7,10-11,13-14H,3-5,8-9,12H2,1-2H3. The molecule has 0 bridgehead atoms. The summed E-state index contributed by atoms with van der Waals surface area (Å²) >= 11 is 0. The fourth-order valence-corrected chi connectivity index (χ4v) is 3.09. The van der Waals surface area contributed by atoms with Crippen LogP contribution in [0.25, 0.3) is 0 Å². The first kappa shape index (κ1) is 14.8. The first-order chi connectivity index (χ1) is 9.59. The minimum Gasteiger partial charge on any atom is -0.363 e. The molecule has 1 aliphatic carbocycles. The summed E-state index contributed by atoms with van der Waals surface area (Å²) in [4.78, 5) is 13.3. The maximum absolute atomic E-state index is 11.3. The molecule has 0 aliphatic heterocycles. The van der Waals surface area contributed by atoms with Gasteiger partial charge >= 0.3 is 0 Å². The van der Waals surface area contributed by atoms with Crippen LogP contribution in [0.15, 0.2) is 24.3 Å². The van der Waals surface area contributed by atoms with Crippen molar-refractivity contribution in [2.45, 2.75) is 52.0 Å². The predicted molar refractivity (Wildman–Crippen MR) is 82.2 cm³/mol. The van der Waals surface area contributed by atoms with E-state index in [1.54, 1.807) is 12.1 Å². The van der Waals surface area contributed by atoms with Gasteiger partial charge in [0.2, 0.25) is 0 Å². The molecule has 0 heterocycles. The quantitative estimate of drug-likeness (QED) is 0.592. The fourth-order valence-electron chi connectivity index (χ4n) is 3.09. The molecular weight excluding hydrogens is 252 g/mol. The number of para-hydroxylation sites is 2. The lowest BCUT2D eigenvalue weighted by Crippen LogP contribution is -2.39. The number of nitro groups is 1. The minimum atomic E-state index is -0.258. The van der Waals surface area contributed by atoms with E-state index in [9.17, 15) is 10.1 Å². The van der Waals surface area contributed by atoms with Crippen molar-refractivity contribution in [2.24, 2.45) is 5.92 Å². The highest BCUT2D eigenvalue weighted by atomic mass is 16.6. The lowest BCUT2D eigenvalue weighted by atomic mass is 9.93. The van der Waals surface area contributed by atoms with Crippen LogP contribution in [-0.2, 0) is 0 Å². The zero-order chi connectivity index (χ0) is 14.5. The van der Waals surface area contributed by atoms with Crippen LogP contribution >= 0.6 is 0 Å². The number of anilines is 1. The van der Waals surface area contributed by atoms with Crippen LogP contribution < -0.4 is 4.90 Å². The molecule has 1 aromatic rings. The molecule has 2 rings (SSSR count). The number of benzene rings is 1. The van der Waals surface area contributed by atoms with E-state index in [0.29, 0.717) is 12.0 Å². The van der Waals surface area contributed by atoms with E-state index >= 15 is 0 Å². The van der Waals surface area contributed by atoms with Gasteiger partial charge in [0.15, 0.2) is 0 Å². The van der Waals surface area contributed by atoms with Gasteiger partial charge in [0.1, 0.15) is 5.69 Å². The molecule has 1 fully saturated rings. The lowest BCUT2D eigenvalue weighted by Gasteiger charge is -2.37. The van der Waals surface area contributed by atoms with E-state index in [4.69, 9.17) is 0 Å². The number of rotatable bonds is 5. The lowest BCUT2D eigenvalue weighted by molar-refractivity contribution is -0.384. The number of hydrogen-bond donors (Lipinski definition) is 0. The van der Waals surface area contributed by atoms with Gasteiger partial charge < -0.3 is 4.90 Å². The number of nitro benzene ring substituents is 1. The zero-order valence-corrected chi connectivity index (χ0v) is 12.4. The molecule has 110 valence electrons. The van der Waals surface area contributed by atoms with Crippen LogP contribution in [0.1, 0.15) is 46.0 Å². The monoisotopic (exact) mass is 276 g/mol. The molecule has 1 aromatic carbocycles. The van der Waals surface area contributed by atoms with E-state index in [1.807, 2.05) is 12.1 Å². The van der Waals surface area contributed by atoms with Gasteiger partial charge in [0, 0.05) is 18.7 Å². The molecule has 4 nitrogen and oxygen atoms in total. The van der Waals surface area contributed by atoms with Crippen molar-refractivity contribution >= 4 is 11.4 Å². The second-order valence-corrected chi connectivity index (χ2v) is 6.08. The van der Waals surface area contributed by atoms with Gasteiger partial charge in [-0.25, -0.2) is 0 Å². The smallest absolute Gasteiger partial charge is 0.292 e. The van der Waals surface area contributed by atoms with E-state index in [0.717, 1.165) is 25.1 Å². The Hall–Kier alpha value is -1.58. The third-order valence-corrected chi connectivity index (χ3v) is 3.97. The highest BCUT2D eigenvalue weighted by Crippen LogP contribution is 2.34. The maximum Gasteiger partial charge on any atom is 0.292 e. The Labute approximate surface area is 120 Å². The summed E-state index contributed by atoms with van der Waals surface area (Å²) in [5, 5.41) is 11.3. The van der Waals surface area contributed by atoms with E-state index in [1.165, 1.54) is 19.3 Å². The van der Waals surface area contributed by atoms with Crippen molar-refractivity contribution in [1.29, 1.82) is 0 Å². The van der Waals surface area contributed by atoms with Crippen molar-refractivity contribution in [3.8, 4) is 0 Å². The Morgan fingerprint density at radius 2 is 1.90 bits per heavy atom. The van der Waals surface area contributed by atoms with Crippen LogP contribution in [0.5, 0.6) is 0 Å². The maximum atomic E-state index is 11.3. The Balaban J connectivity index is 2.32. The largest absolute Gasteiger partial charge is 0.363 e. The van der Waals surface area contributed by atoms with Crippen LogP contribution in [0.4, 0.5) is 11.4 Å². The summed E-state index contributed by atoms with van der Waals surface area (Å²) in [7, 11) is 0. The Kier molecular flexibility index (Phi) is 4.99. The zero-order valence-electron chi connectivity index (χ0n) is 12.4. The minimum absolute atomic E-state index is 0.235. The van der Waals surface area contributed by atoms with Gasteiger partial charge in [0.05, 0.1) is 4.92 Å². The average Bonchev–Trinajstić information content (AvgIpc) is 2.45. The number of hydrogen-bond acceptors (Lipinski definition) is 3.